The summed E-state index contributed by atoms with van der Waals surface area (Å²) in [5.41, 5.74) is 6.93. The molecule has 0 fully saturated rings. The highest BCUT2D eigenvalue weighted by Gasteiger charge is 2.13. The molecule has 0 aliphatic rings. The highest BCUT2D eigenvalue weighted by Crippen LogP contribution is 2.28. The van der Waals surface area contributed by atoms with Gasteiger partial charge in [-0.1, -0.05) is 60.1 Å². The van der Waals surface area contributed by atoms with Crippen LogP contribution in [0.25, 0.3) is 10.9 Å². The number of carbonyl (C=O) groups is 1. The molecule has 5 nitrogen and oxygen atoms in total. The van der Waals surface area contributed by atoms with E-state index in [4.69, 9.17) is 16.3 Å². The summed E-state index contributed by atoms with van der Waals surface area (Å²) in [6.45, 7) is 2.66. The Hall–Kier alpha value is -3.09. The molecule has 162 valence electrons. The number of aromatic nitrogens is 1. The number of hydrogen-bond acceptors (Lipinski definition) is 3. The Kier molecular flexibility index (Phi) is 6.93. The molecule has 0 unspecified atom stereocenters. The van der Waals surface area contributed by atoms with E-state index in [0.29, 0.717) is 15.2 Å². The van der Waals surface area contributed by atoms with Gasteiger partial charge in [-0.3, -0.25) is 4.79 Å². The number of nitrogens with one attached hydrogen (secondary N) is 1. The Morgan fingerprint density at radius 2 is 1.88 bits per heavy atom. The molecule has 32 heavy (non-hydrogen) atoms. The molecule has 1 aromatic heterocycles. The maximum absolute atomic E-state index is 12.2. The molecule has 0 atom stereocenters. The quantitative estimate of drug-likeness (QED) is 0.247. The lowest BCUT2D eigenvalue weighted by Crippen LogP contribution is -2.24. The highest BCUT2D eigenvalue weighted by atomic mass is 79.9. The van der Waals surface area contributed by atoms with Gasteiger partial charge in [0, 0.05) is 33.7 Å². The second-order valence-electron chi connectivity index (χ2n) is 7.24. The molecule has 1 amide bonds. The van der Waals surface area contributed by atoms with Gasteiger partial charge in [0.15, 0.2) is 6.61 Å². The van der Waals surface area contributed by atoms with E-state index in [1.165, 1.54) is 5.56 Å². The van der Waals surface area contributed by atoms with Gasteiger partial charge < -0.3 is 9.30 Å². The van der Waals surface area contributed by atoms with Crippen molar-refractivity contribution in [1.82, 2.24) is 9.99 Å². The lowest BCUT2D eigenvalue weighted by Gasteiger charge is -2.08. The SMILES string of the molecule is Cc1c(/C=N/NC(=O)COc2ccc(Cl)cc2Br)c2ccccc2n1Cc1ccccc1. The Morgan fingerprint density at radius 1 is 1.12 bits per heavy atom. The molecular formula is C25H21BrClN3O2. The number of halogens is 2. The van der Waals surface area contributed by atoms with Gasteiger partial charge in [-0.25, -0.2) is 5.43 Å². The van der Waals surface area contributed by atoms with Crippen LogP contribution in [0, 0.1) is 6.92 Å². The number of nitrogens with zero attached hydrogens (tertiary/aromatic N) is 2. The average molecular weight is 511 g/mol. The zero-order chi connectivity index (χ0) is 22.5. The summed E-state index contributed by atoms with van der Waals surface area (Å²) >= 11 is 9.29. The van der Waals surface area contributed by atoms with Crippen molar-refractivity contribution in [2.45, 2.75) is 13.5 Å². The van der Waals surface area contributed by atoms with Crippen LogP contribution in [0.15, 0.2) is 82.4 Å². The largest absolute Gasteiger partial charge is 0.483 e. The molecule has 3 aromatic carbocycles. The van der Waals surface area contributed by atoms with Crippen LogP contribution in [-0.2, 0) is 11.3 Å². The van der Waals surface area contributed by atoms with Crippen LogP contribution in [0.2, 0.25) is 5.02 Å². The number of benzene rings is 3. The van der Waals surface area contributed by atoms with Crippen LogP contribution in [0.3, 0.4) is 0 Å². The lowest BCUT2D eigenvalue weighted by atomic mass is 10.1. The molecule has 1 heterocycles. The fourth-order valence-corrected chi connectivity index (χ4v) is 4.32. The van der Waals surface area contributed by atoms with E-state index in [0.717, 1.165) is 28.7 Å². The lowest BCUT2D eigenvalue weighted by molar-refractivity contribution is -0.123. The molecule has 0 aliphatic carbocycles. The molecule has 7 heteroatoms. The second kappa shape index (κ2) is 10.0. The Labute approximate surface area is 199 Å². The van der Waals surface area contributed by atoms with Crippen LogP contribution >= 0.6 is 27.5 Å². The van der Waals surface area contributed by atoms with Gasteiger partial charge in [-0.2, -0.15) is 5.10 Å². The second-order valence-corrected chi connectivity index (χ2v) is 8.54. The number of para-hydroxylation sites is 1. The van der Waals surface area contributed by atoms with Crippen molar-refractivity contribution in [2.24, 2.45) is 5.10 Å². The summed E-state index contributed by atoms with van der Waals surface area (Å²) in [4.78, 5) is 12.2. The monoisotopic (exact) mass is 509 g/mol. The van der Waals surface area contributed by atoms with Crippen LogP contribution in [0.1, 0.15) is 16.8 Å². The molecule has 0 bridgehead atoms. The van der Waals surface area contributed by atoms with E-state index in [2.05, 4.69) is 62.2 Å². The normalized spacial score (nSPS) is 11.2. The molecule has 0 saturated carbocycles. The Balaban J connectivity index is 1.47. The van der Waals surface area contributed by atoms with Gasteiger partial charge in [0.1, 0.15) is 5.75 Å². The number of rotatable bonds is 7. The fraction of sp³-hybridized carbons (Fsp3) is 0.120. The van der Waals surface area contributed by atoms with Gasteiger partial charge in [-0.15, -0.1) is 0 Å². The summed E-state index contributed by atoms with van der Waals surface area (Å²) in [6, 6.07) is 23.6. The maximum Gasteiger partial charge on any atom is 0.277 e. The van der Waals surface area contributed by atoms with Crippen LogP contribution < -0.4 is 10.2 Å². The molecule has 0 spiro atoms. The van der Waals surface area contributed by atoms with E-state index in [-0.39, 0.29) is 12.5 Å². The van der Waals surface area contributed by atoms with Gasteiger partial charge >= 0.3 is 0 Å². The van der Waals surface area contributed by atoms with Crippen molar-refractivity contribution < 1.29 is 9.53 Å². The number of amides is 1. The molecular weight excluding hydrogens is 490 g/mol. The molecule has 1 N–H and O–H groups in total. The third-order valence-electron chi connectivity index (χ3n) is 5.10. The van der Waals surface area contributed by atoms with Crippen molar-refractivity contribution in [3.8, 4) is 5.75 Å². The summed E-state index contributed by atoms with van der Waals surface area (Å²) in [6.07, 6.45) is 1.69. The van der Waals surface area contributed by atoms with Gasteiger partial charge in [0.2, 0.25) is 0 Å². The third kappa shape index (κ3) is 5.03. The van der Waals surface area contributed by atoms with Gasteiger partial charge in [0.25, 0.3) is 5.91 Å². The minimum absolute atomic E-state index is 0.160. The van der Waals surface area contributed by atoms with E-state index >= 15 is 0 Å². The van der Waals surface area contributed by atoms with Crippen molar-refractivity contribution in [3.63, 3.8) is 0 Å². The average Bonchev–Trinajstić information content (AvgIpc) is 3.05. The minimum Gasteiger partial charge on any atom is -0.483 e. The van der Waals surface area contributed by atoms with E-state index in [1.807, 2.05) is 30.3 Å². The first-order chi connectivity index (χ1) is 15.5. The Bertz CT molecular complexity index is 1290. The number of carbonyl (C=O) groups excluding carboxylic acids is 1. The van der Waals surface area contributed by atoms with Gasteiger partial charge in [0.05, 0.1) is 10.7 Å². The fourth-order valence-electron chi connectivity index (χ4n) is 3.53. The zero-order valence-corrected chi connectivity index (χ0v) is 19.7. The third-order valence-corrected chi connectivity index (χ3v) is 5.95. The van der Waals surface area contributed by atoms with Gasteiger partial charge in [-0.05, 0) is 52.7 Å². The molecule has 4 rings (SSSR count). The summed E-state index contributed by atoms with van der Waals surface area (Å²) in [5, 5.41) is 5.84. The first-order valence-electron chi connectivity index (χ1n) is 10.0. The van der Waals surface area contributed by atoms with E-state index in [1.54, 1.807) is 24.4 Å². The van der Waals surface area contributed by atoms with Crippen molar-refractivity contribution in [1.29, 1.82) is 0 Å². The molecule has 0 saturated heterocycles. The minimum atomic E-state index is -0.353. The number of ether oxygens (including phenoxy) is 1. The number of hydrogen-bond donors (Lipinski definition) is 1. The summed E-state index contributed by atoms with van der Waals surface area (Å²) in [5.74, 6) is 0.183. The standard InChI is InChI=1S/C25H21BrClN3O2/c1-17-21(14-28-29-25(31)16-32-24-12-11-19(27)13-22(24)26)20-9-5-6-10-23(20)30(17)15-18-7-3-2-4-8-18/h2-14H,15-16H2,1H3,(H,29,31)/b28-14+. The van der Waals surface area contributed by atoms with E-state index < -0.39 is 0 Å². The first kappa shape index (κ1) is 22.1. The smallest absolute Gasteiger partial charge is 0.277 e. The molecule has 0 aliphatic heterocycles. The predicted octanol–water partition coefficient (Wildman–Crippen LogP) is 5.94. The summed E-state index contributed by atoms with van der Waals surface area (Å²) in [7, 11) is 0. The topological polar surface area (TPSA) is 55.6 Å². The highest BCUT2D eigenvalue weighted by molar-refractivity contribution is 9.10. The predicted molar refractivity (Wildman–Crippen MR) is 133 cm³/mol. The van der Waals surface area contributed by atoms with Crippen LogP contribution in [-0.4, -0.2) is 23.3 Å². The van der Waals surface area contributed by atoms with Crippen molar-refractivity contribution in [3.05, 3.63) is 99.1 Å². The number of fused-ring (bicyclic) bond motifs is 1. The van der Waals surface area contributed by atoms with Crippen LogP contribution in [0.5, 0.6) is 5.75 Å². The Morgan fingerprint density at radius 3 is 2.66 bits per heavy atom. The van der Waals surface area contributed by atoms with Crippen LogP contribution in [0.4, 0.5) is 0 Å². The zero-order valence-electron chi connectivity index (χ0n) is 17.4. The maximum atomic E-state index is 12.2. The van der Waals surface area contributed by atoms with Crippen molar-refractivity contribution >= 4 is 50.6 Å². The molecule has 4 aromatic rings. The number of hydrazone groups is 1. The first-order valence-corrected chi connectivity index (χ1v) is 11.2. The van der Waals surface area contributed by atoms with E-state index in [9.17, 15) is 4.79 Å². The van der Waals surface area contributed by atoms with Crippen molar-refractivity contribution in [2.75, 3.05) is 6.61 Å². The summed E-state index contributed by atoms with van der Waals surface area (Å²) < 4.78 is 8.47. The molecule has 0 radical (unpaired) electrons.